The number of ether oxygens (including phenoxy) is 3. The van der Waals surface area contributed by atoms with Crippen molar-refractivity contribution in [1.82, 2.24) is 4.98 Å². The fourth-order valence-electron chi connectivity index (χ4n) is 2.78. The van der Waals surface area contributed by atoms with Gasteiger partial charge in [0.2, 0.25) is 0 Å². The Labute approximate surface area is 170 Å². The van der Waals surface area contributed by atoms with Crippen molar-refractivity contribution in [2.75, 3.05) is 14.2 Å². The third-order valence-electron chi connectivity index (χ3n) is 4.33. The maximum atomic E-state index is 5.87. The van der Waals surface area contributed by atoms with Crippen molar-refractivity contribution in [2.45, 2.75) is 19.7 Å². The van der Waals surface area contributed by atoms with Gasteiger partial charge in [0.1, 0.15) is 30.6 Å². The smallest absolute Gasteiger partial charge is 0.161 e. The molecule has 0 aliphatic carbocycles. The number of halogens is 1. The van der Waals surface area contributed by atoms with Gasteiger partial charge in [-0.2, -0.15) is 0 Å². The third-order valence-corrected chi connectivity index (χ3v) is 4.55. The summed E-state index contributed by atoms with van der Waals surface area (Å²) < 4.78 is 16.6. The molecule has 2 N–H and O–H groups in total. The second kappa shape index (κ2) is 9.97. The van der Waals surface area contributed by atoms with E-state index in [9.17, 15) is 0 Å². The first-order valence-electron chi connectivity index (χ1n) is 9.02. The highest BCUT2D eigenvalue weighted by atomic mass is 35.5. The van der Waals surface area contributed by atoms with E-state index in [0.29, 0.717) is 17.5 Å². The van der Waals surface area contributed by atoms with Gasteiger partial charge in [0.15, 0.2) is 11.5 Å². The fraction of sp³-hybridized carbons (Fsp3) is 0.227. The number of quaternary nitrogens is 1. The zero-order chi connectivity index (χ0) is 19.8. The molecule has 0 spiro atoms. The zero-order valence-electron chi connectivity index (χ0n) is 16.0. The molecule has 146 valence electrons. The van der Waals surface area contributed by atoms with Crippen molar-refractivity contribution < 1.29 is 19.5 Å². The van der Waals surface area contributed by atoms with E-state index < -0.39 is 0 Å². The Bertz CT molecular complexity index is 883. The predicted octanol–water partition coefficient (Wildman–Crippen LogP) is 3.59. The molecule has 3 rings (SSSR count). The Morgan fingerprint density at radius 1 is 0.821 bits per heavy atom. The number of benzene rings is 2. The lowest BCUT2D eigenvalue weighted by molar-refractivity contribution is -0.686. The Balaban J connectivity index is 1.55. The first-order chi connectivity index (χ1) is 13.7. The molecule has 0 unspecified atom stereocenters. The quantitative estimate of drug-likeness (QED) is 0.558. The molecule has 1 heterocycles. The van der Waals surface area contributed by atoms with Crippen molar-refractivity contribution in [1.29, 1.82) is 0 Å². The minimum Gasteiger partial charge on any atom is -0.497 e. The van der Waals surface area contributed by atoms with Crippen LogP contribution in [-0.2, 0) is 19.7 Å². The summed E-state index contributed by atoms with van der Waals surface area (Å²) >= 11 is 5.81. The van der Waals surface area contributed by atoms with E-state index in [-0.39, 0.29) is 0 Å². The molecule has 0 radical (unpaired) electrons. The topological polar surface area (TPSA) is 57.2 Å². The van der Waals surface area contributed by atoms with E-state index in [2.05, 4.69) is 28.5 Å². The van der Waals surface area contributed by atoms with Gasteiger partial charge < -0.3 is 19.5 Å². The molecule has 0 atom stereocenters. The zero-order valence-corrected chi connectivity index (χ0v) is 16.8. The summed E-state index contributed by atoms with van der Waals surface area (Å²) in [7, 11) is 3.32. The number of nitrogens with zero attached hydrogens (tertiary/aromatic N) is 1. The van der Waals surface area contributed by atoms with Gasteiger partial charge in [-0.05, 0) is 48.5 Å². The van der Waals surface area contributed by atoms with Crippen LogP contribution in [0, 0.1) is 0 Å². The van der Waals surface area contributed by atoms with Gasteiger partial charge in [0.25, 0.3) is 0 Å². The van der Waals surface area contributed by atoms with Gasteiger partial charge in [-0.1, -0.05) is 17.7 Å². The summed E-state index contributed by atoms with van der Waals surface area (Å²) in [5, 5.41) is 2.72. The Kier molecular flexibility index (Phi) is 7.12. The average molecular weight is 400 g/mol. The van der Waals surface area contributed by atoms with Crippen LogP contribution < -0.4 is 19.5 Å². The van der Waals surface area contributed by atoms with Gasteiger partial charge in [0.05, 0.1) is 14.2 Å². The van der Waals surface area contributed by atoms with Crippen molar-refractivity contribution in [3.05, 3.63) is 82.6 Å². The van der Waals surface area contributed by atoms with Crippen molar-refractivity contribution >= 4 is 11.6 Å². The molecule has 28 heavy (non-hydrogen) atoms. The second-order valence-electron chi connectivity index (χ2n) is 6.31. The minimum atomic E-state index is 0.406. The highest BCUT2D eigenvalue weighted by molar-refractivity contribution is 6.29. The molecule has 1 aromatic heterocycles. The van der Waals surface area contributed by atoms with Gasteiger partial charge in [-0.15, -0.1) is 0 Å². The summed E-state index contributed by atoms with van der Waals surface area (Å²) in [6.45, 7) is 2.15. The summed E-state index contributed by atoms with van der Waals surface area (Å²) in [4.78, 5) is 4.06. The van der Waals surface area contributed by atoms with Crippen LogP contribution in [-0.4, -0.2) is 19.2 Å². The monoisotopic (exact) mass is 399 g/mol. The van der Waals surface area contributed by atoms with E-state index in [1.165, 1.54) is 11.1 Å². The lowest BCUT2D eigenvalue weighted by Gasteiger charge is -2.12. The molecule has 6 heteroatoms. The minimum absolute atomic E-state index is 0.406. The molecule has 3 aromatic rings. The SMILES string of the molecule is COc1ccc(C[NH2+]Cc2ccc(OCc3ccc(Cl)nc3)c(OC)c2)cc1. The normalized spacial score (nSPS) is 10.5. The summed E-state index contributed by atoms with van der Waals surface area (Å²) in [6.07, 6.45) is 1.71. The molecule has 2 aromatic carbocycles. The molecular weight excluding hydrogens is 376 g/mol. The van der Waals surface area contributed by atoms with E-state index >= 15 is 0 Å². The summed E-state index contributed by atoms with van der Waals surface area (Å²) in [5.41, 5.74) is 3.37. The molecule has 0 aliphatic rings. The van der Waals surface area contributed by atoms with Crippen LogP contribution in [0.15, 0.2) is 60.8 Å². The molecule has 0 fully saturated rings. The lowest BCUT2D eigenvalue weighted by Crippen LogP contribution is -2.80. The Morgan fingerprint density at radius 2 is 1.54 bits per heavy atom. The lowest BCUT2D eigenvalue weighted by atomic mass is 10.1. The molecule has 0 bridgehead atoms. The van der Waals surface area contributed by atoms with Crippen LogP contribution in [0.5, 0.6) is 17.2 Å². The van der Waals surface area contributed by atoms with Crippen LogP contribution in [0.3, 0.4) is 0 Å². The highest BCUT2D eigenvalue weighted by Crippen LogP contribution is 2.28. The second-order valence-corrected chi connectivity index (χ2v) is 6.70. The van der Waals surface area contributed by atoms with Crippen LogP contribution in [0.2, 0.25) is 5.15 Å². The third kappa shape index (κ3) is 5.62. The van der Waals surface area contributed by atoms with Gasteiger partial charge in [-0.25, -0.2) is 4.98 Å². The number of rotatable bonds is 9. The largest absolute Gasteiger partial charge is 0.497 e. The number of methoxy groups -OCH3 is 2. The standard InChI is InChI=1S/C22H23ClN2O3/c1-26-19-7-3-16(4-8-19)12-24-13-17-5-9-20(21(11-17)27-2)28-15-18-6-10-22(23)25-14-18/h3-11,14,24H,12-13,15H2,1-2H3/p+1. The van der Waals surface area contributed by atoms with E-state index in [0.717, 1.165) is 30.2 Å². The molecular formula is C22H24ClN2O3+. The average Bonchev–Trinajstić information content (AvgIpc) is 2.74. The number of pyridine rings is 1. The molecule has 0 saturated heterocycles. The molecule has 0 amide bonds. The van der Waals surface area contributed by atoms with Crippen LogP contribution >= 0.6 is 11.6 Å². The Hall–Kier alpha value is -2.76. The maximum Gasteiger partial charge on any atom is 0.161 e. The molecule has 0 aliphatic heterocycles. The maximum absolute atomic E-state index is 5.87. The van der Waals surface area contributed by atoms with Crippen LogP contribution in [0.25, 0.3) is 0 Å². The highest BCUT2D eigenvalue weighted by Gasteiger charge is 2.08. The molecule has 0 saturated carbocycles. The van der Waals surface area contributed by atoms with Crippen LogP contribution in [0.4, 0.5) is 0 Å². The van der Waals surface area contributed by atoms with Crippen molar-refractivity contribution in [3.8, 4) is 17.2 Å². The number of aromatic nitrogens is 1. The number of hydrogen-bond acceptors (Lipinski definition) is 4. The fourth-order valence-corrected chi connectivity index (χ4v) is 2.89. The van der Waals surface area contributed by atoms with E-state index in [1.54, 1.807) is 26.5 Å². The van der Waals surface area contributed by atoms with Crippen LogP contribution in [0.1, 0.15) is 16.7 Å². The van der Waals surface area contributed by atoms with Crippen molar-refractivity contribution in [3.63, 3.8) is 0 Å². The Morgan fingerprint density at radius 3 is 2.21 bits per heavy atom. The van der Waals surface area contributed by atoms with Gasteiger partial charge in [-0.3, -0.25) is 0 Å². The molecule has 5 nitrogen and oxygen atoms in total. The predicted molar refractivity (Wildman–Crippen MR) is 109 cm³/mol. The first kappa shape index (κ1) is 20.0. The van der Waals surface area contributed by atoms with E-state index in [4.69, 9.17) is 25.8 Å². The van der Waals surface area contributed by atoms with Gasteiger partial charge in [0, 0.05) is 22.9 Å². The van der Waals surface area contributed by atoms with Crippen molar-refractivity contribution in [2.24, 2.45) is 0 Å². The van der Waals surface area contributed by atoms with Gasteiger partial charge >= 0.3 is 0 Å². The van der Waals surface area contributed by atoms with E-state index in [1.807, 2.05) is 30.3 Å². The summed E-state index contributed by atoms with van der Waals surface area (Å²) in [5.74, 6) is 2.30. The number of nitrogens with two attached hydrogens (primary N) is 1. The summed E-state index contributed by atoms with van der Waals surface area (Å²) in [6, 6.07) is 17.8. The first-order valence-corrected chi connectivity index (χ1v) is 9.40. The number of hydrogen-bond donors (Lipinski definition) is 1.